The Labute approximate surface area is 105 Å². The summed E-state index contributed by atoms with van der Waals surface area (Å²) in [7, 11) is 0. The second-order valence-electron chi connectivity index (χ2n) is 5.01. The highest BCUT2D eigenvalue weighted by Crippen LogP contribution is 2.29. The van der Waals surface area contributed by atoms with Crippen LogP contribution in [0, 0.1) is 5.92 Å². The van der Waals surface area contributed by atoms with Gasteiger partial charge in [0.05, 0.1) is 6.61 Å². The minimum atomic E-state index is 0.108. The maximum atomic E-state index is 12.2. The van der Waals surface area contributed by atoms with Crippen LogP contribution >= 0.6 is 0 Å². The number of tetrazole rings is 1. The lowest BCUT2D eigenvalue weighted by atomic mass is 10.1. The van der Waals surface area contributed by atoms with Gasteiger partial charge in [-0.15, -0.1) is 5.10 Å². The summed E-state index contributed by atoms with van der Waals surface area (Å²) in [6.45, 7) is 2.65. The molecule has 3 rings (SSSR count). The first-order valence-electron chi connectivity index (χ1n) is 6.41. The molecule has 1 saturated heterocycles. The number of hydrogen-bond acceptors (Lipinski definition) is 5. The van der Waals surface area contributed by atoms with Gasteiger partial charge in [0.1, 0.15) is 12.9 Å². The van der Waals surface area contributed by atoms with Gasteiger partial charge in [-0.1, -0.05) is 0 Å². The lowest BCUT2D eigenvalue weighted by Gasteiger charge is -2.25. The predicted molar refractivity (Wildman–Crippen MR) is 61.5 cm³/mol. The average molecular weight is 251 g/mol. The summed E-state index contributed by atoms with van der Waals surface area (Å²) < 4.78 is 6.84. The van der Waals surface area contributed by atoms with Crippen molar-refractivity contribution in [2.45, 2.75) is 31.8 Å². The zero-order valence-corrected chi connectivity index (χ0v) is 10.2. The Hall–Kier alpha value is -1.50. The van der Waals surface area contributed by atoms with Crippen molar-refractivity contribution in [3.8, 4) is 0 Å². The van der Waals surface area contributed by atoms with E-state index in [1.54, 1.807) is 0 Å². The number of ether oxygens (including phenoxy) is 1. The van der Waals surface area contributed by atoms with Crippen LogP contribution < -0.4 is 0 Å². The fourth-order valence-corrected chi connectivity index (χ4v) is 2.33. The molecule has 1 aromatic rings. The Balaban J connectivity index is 1.59. The molecule has 0 radical (unpaired) electrons. The molecule has 7 heteroatoms. The molecule has 1 aliphatic heterocycles. The second-order valence-corrected chi connectivity index (χ2v) is 5.01. The lowest BCUT2D eigenvalue weighted by Crippen LogP contribution is -2.39. The van der Waals surface area contributed by atoms with Crippen LogP contribution in [0.1, 0.15) is 19.3 Å². The van der Waals surface area contributed by atoms with E-state index >= 15 is 0 Å². The van der Waals surface area contributed by atoms with Gasteiger partial charge >= 0.3 is 0 Å². The molecule has 1 aromatic heterocycles. The Morgan fingerprint density at radius 3 is 2.94 bits per heavy atom. The van der Waals surface area contributed by atoms with Crippen LogP contribution in [0.2, 0.25) is 0 Å². The van der Waals surface area contributed by atoms with Gasteiger partial charge in [-0.05, 0) is 29.7 Å². The normalized spacial score (nSPS) is 23.2. The van der Waals surface area contributed by atoms with Crippen LogP contribution in [-0.4, -0.2) is 56.8 Å². The topological polar surface area (TPSA) is 73.1 Å². The van der Waals surface area contributed by atoms with Crippen molar-refractivity contribution < 1.29 is 9.53 Å². The van der Waals surface area contributed by atoms with Gasteiger partial charge in [0, 0.05) is 25.1 Å². The zero-order chi connectivity index (χ0) is 12.4. The fourth-order valence-electron chi connectivity index (χ4n) is 2.33. The summed E-state index contributed by atoms with van der Waals surface area (Å²) in [6, 6.07) is 0.426. The van der Waals surface area contributed by atoms with E-state index < -0.39 is 0 Å². The first-order valence-corrected chi connectivity index (χ1v) is 6.41. The maximum Gasteiger partial charge on any atom is 0.244 e. The molecular formula is C11H17N5O2. The number of rotatable bonds is 5. The van der Waals surface area contributed by atoms with Crippen molar-refractivity contribution >= 4 is 5.91 Å². The van der Waals surface area contributed by atoms with Crippen molar-refractivity contribution in [2.75, 3.05) is 19.8 Å². The average Bonchev–Trinajstić information content (AvgIpc) is 2.87. The molecule has 1 saturated carbocycles. The van der Waals surface area contributed by atoms with E-state index in [2.05, 4.69) is 15.5 Å². The molecule has 0 aromatic carbocycles. The molecule has 1 amide bonds. The zero-order valence-electron chi connectivity index (χ0n) is 10.2. The summed E-state index contributed by atoms with van der Waals surface area (Å²) >= 11 is 0. The monoisotopic (exact) mass is 251 g/mol. The van der Waals surface area contributed by atoms with Crippen molar-refractivity contribution in [3.63, 3.8) is 0 Å². The number of nitrogens with zero attached hydrogens (tertiary/aromatic N) is 5. The lowest BCUT2D eigenvalue weighted by molar-refractivity contribution is -0.133. The molecule has 1 aliphatic carbocycles. The predicted octanol–water partition coefficient (Wildman–Crippen LogP) is -0.299. The van der Waals surface area contributed by atoms with Gasteiger partial charge in [0.15, 0.2) is 0 Å². The summed E-state index contributed by atoms with van der Waals surface area (Å²) in [6.07, 6.45) is 4.77. The highest BCUT2D eigenvalue weighted by molar-refractivity contribution is 5.76. The first kappa shape index (κ1) is 11.6. The SMILES string of the molecule is O=C(Cn1cnnn1)N(CC1CCOC1)C1CC1. The first-order chi connectivity index (χ1) is 8.83. The number of amides is 1. The van der Waals surface area contributed by atoms with Crippen LogP contribution in [0.3, 0.4) is 0 Å². The molecule has 2 fully saturated rings. The molecule has 98 valence electrons. The quantitative estimate of drug-likeness (QED) is 0.718. The van der Waals surface area contributed by atoms with Crippen LogP contribution in [0.4, 0.5) is 0 Å². The Bertz CT molecular complexity index is 398. The van der Waals surface area contributed by atoms with Crippen LogP contribution in [-0.2, 0) is 16.1 Å². The van der Waals surface area contributed by atoms with Gasteiger partial charge in [-0.3, -0.25) is 4.79 Å². The maximum absolute atomic E-state index is 12.2. The molecule has 1 unspecified atom stereocenters. The van der Waals surface area contributed by atoms with Gasteiger partial charge in [0.2, 0.25) is 5.91 Å². The molecule has 0 N–H and O–H groups in total. The molecule has 18 heavy (non-hydrogen) atoms. The van der Waals surface area contributed by atoms with Crippen molar-refractivity contribution in [3.05, 3.63) is 6.33 Å². The van der Waals surface area contributed by atoms with E-state index in [0.717, 1.165) is 39.0 Å². The molecule has 1 atom stereocenters. The van der Waals surface area contributed by atoms with Gasteiger partial charge in [0.25, 0.3) is 0 Å². The number of carbonyl (C=O) groups is 1. The fraction of sp³-hybridized carbons (Fsp3) is 0.818. The molecular weight excluding hydrogens is 234 g/mol. The number of aromatic nitrogens is 4. The van der Waals surface area contributed by atoms with Gasteiger partial charge in [-0.2, -0.15) is 0 Å². The highest BCUT2D eigenvalue weighted by Gasteiger charge is 2.34. The summed E-state index contributed by atoms with van der Waals surface area (Å²) in [4.78, 5) is 14.2. The van der Waals surface area contributed by atoms with Crippen LogP contribution in [0.15, 0.2) is 6.33 Å². The Kier molecular flexibility index (Phi) is 3.22. The summed E-state index contributed by atoms with van der Waals surface area (Å²) in [5, 5.41) is 10.8. The van der Waals surface area contributed by atoms with Crippen molar-refractivity contribution in [2.24, 2.45) is 5.92 Å². The van der Waals surface area contributed by atoms with Gasteiger partial charge in [-0.25, -0.2) is 4.68 Å². The minimum absolute atomic E-state index is 0.108. The third-order valence-electron chi connectivity index (χ3n) is 3.48. The van der Waals surface area contributed by atoms with E-state index in [0.29, 0.717) is 12.0 Å². The van der Waals surface area contributed by atoms with Crippen molar-refractivity contribution in [1.29, 1.82) is 0 Å². The van der Waals surface area contributed by atoms with Crippen LogP contribution in [0.25, 0.3) is 0 Å². The second kappa shape index (κ2) is 5.01. The van der Waals surface area contributed by atoms with E-state index in [4.69, 9.17) is 4.74 Å². The standard InChI is InChI=1S/C11H17N5O2/c17-11(6-15-8-12-13-14-15)16(10-1-2-10)5-9-3-4-18-7-9/h8-10H,1-7H2. The largest absolute Gasteiger partial charge is 0.381 e. The summed E-state index contributed by atoms with van der Waals surface area (Å²) in [5.41, 5.74) is 0. The summed E-state index contributed by atoms with van der Waals surface area (Å²) in [5.74, 6) is 0.597. The molecule has 2 heterocycles. The van der Waals surface area contributed by atoms with E-state index in [1.807, 2.05) is 4.90 Å². The Morgan fingerprint density at radius 1 is 1.44 bits per heavy atom. The molecule has 7 nitrogen and oxygen atoms in total. The van der Waals surface area contributed by atoms with Gasteiger partial charge < -0.3 is 9.64 Å². The third kappa shape index (κ3) is 2.66. The number of hydrogen-bond donors (Lipinski definition) is 0. The third-order valence-corrected chi connectivity index (χ3v) is 3.48. The van der Waals surface area contributed by atoms with Crippen LogP contribution in [0.5, 0.6) is 0 Å². The molecule has 2 aliphatic rings. The highest BCUT2D eigenvalue weighted by atomic mass is 16.5. The smallest absolute Gasteiger partial charge is 0.244 e. The Morgan fingerprint density at radius 2 is 2.33 bits per heavy atom. The van der Waals surface area contributed by atoms with Crippen molar-refractivity contribution in [1.82, 2.24) is 25.1 Å². The molecule has 0 spiro atoms. The molecule has 0 bridgehead atoms. The minimum Gasteiger partial charge on any atom is -0.381 e. The van der Waals surface area contributed by atoms with E-state index in [1.165, 1.54) is 11.0 Å². The van der Waals surface area contributed by atoms with E-state index in [9.17, 15) is 4.79 Å². The van der Waals surface area contributed by atoms with E-state index in [-0.39, 0.29) is 12.5 Å². The number of carbonyl (C=O) groups excluding carboxylic acids is 1.